The van der Waals surface area contributed by atoms with Gasteiger partial charge >= 0.3 is 0 Å². The second-order valence-electron chi connectivity index (χ2n) is 2.63. The topological polar surface area (TPSA) is 98.6 Å². The Labute approximate surface area is 79.2 Å². The average molecular weight is 195 g/mol. The summed E-state index contributed by atoms with van der Waals surface area (Å²) in [5.74, 6) is 0.861. The van der Waals surface area contributed by atoms with Gasteiger partial charge in [0.1, 0.15) is 0 Å². The molecule has 2 aromatic heterocycles. The molecule has 0 saturated heterocycles. The molecule has 0 fully saturated rings. The Morgan fingerprint density at radius 1 is 1.57 bits per heavy atom. The van der Waals surface area contributed by atoms with Crippen LogP contribution in [0.5, 0.6) is 5.88 Å². The minimum absolute atomic E-state index is 0.117. The van der Waals surface area contributed by atoms with Crippen LogP contribution in [-0.4, -0.2) is 31.8 Å². The van der Waals surface area contributed by atoms with Crippen molar-refractivity contribution in [1.29, 1.82) is 0 Å². The maximum atomic E-state index is 8.92. The van der Waals surface area contributed by atoms with E-state index >= 15 is 0 Å². The molecule has 0 aliphatic rings. The highest BCUT2D eigenvalue weighted by Crippen LogP contribution is 2.13. The molecule has 3 N–H and O–H groups in total. The number of nitrogen functional groups attached to an aromatic ring is 1. The molecule has 0 radical (unpaired) electrons. The normalized spacial score (nSPS) is 10.7. The summed E-state index contributed by atoms with van der Waals surface area (Å²) >= 11 is 0. The maximum absolute atomic E-state index is 8.92. The number of rotatable bonds is 2. The highest BCUT2D eigenvalue weighted by Gasteiger charge is 2.08. The first kappa shape index (κ1) is 8.70. The number of aliphatic hydroxyl groups is 1. The highest BCUT2D eigenvalue weighted by atomic mass is 16.5. The number of aliphatic hydroxyl groups excluding tert-OH is 1. The van der Waals surface area contributed by atoms with Crippen LogP contribution >= 0.6 is 0 Å². The summed E-state index contributed by atoms with van der Waals surface area (Å²) in [6.45, 7) is -0.181. The number of fused-ring (bicyclic) bond motifs is 1. The van der Waals surface area contributed by atoms with Crippen LogP contribution in [0.2, 0.25) is 0 Å². The summed E-state index contributed by atoms with van der Waals surface area (Å²) in [7, 11) is 1.49. The molecule has 2 aromatic rings. The Morgan fingerprint density at radius 3 is 3.00 bits per heavy atom. The third-order valence-corrected chi connectivity index (χ3v) is 1.72. The zero-order valence-electron chi connectivity index (χ0n) is 7.51. The highest BCUT2D eigenvalue weighted by molar-refractivity contribution is 5.38. The lowest BCUT2D eigenvalue weighted by atomic mass is 10.4. The van der Waals surface area contributed by atoms with Gasteiger partial charge in [0.25, 0.3) is 5.78 Å². The molecule has 74 valence electrons. The Hall–Kier alpha value is -1.89. The summed E-state index contributed by atoms with van der Waals surface area (Å²) in [4.78, 5) is 7.86. The van der Waals surface area contributed by atoms with Crippen molar-refractivity contribution in [2.24, 2.45) is 0 Å². The molecular weight excluding hydrogens is 186 g/mol. The predicted octanol–water partition coefficient (Wildman–Crippen LogP) is -0.793. The van der Waals surface area contributed by atoms with Gasteiger partial charge < -0.3 is 15.6 Å². The lowest BCUT2D eigenvalue weighted by Crippen LogP contribution is -2.01. The number of anilines is 1. The fraction of sp³-hybridized carbons (Fsp3) is 0.286. The van der Waals surface area contributed by atoms with Crippen LogP contribution in [0.3, 0.4) is 0 Å². The van der Waals surface area contributed by atoms with E-state index in [1.807, 2.05) is 0 Å². The number of aromatic nitrogens is 4. The van der Waals surface area contributed by atoms with Gasteiger partial charge in [0.15, 0.2) is 0 Å². The third-order valence-electron chi connectivity index (χ3n) is 1.72. The minimum Gasteiger partial charge on any atom is -0.481 e. The van der Waals surface area contributed by atoms with Gasteiger partial charge in [0.2, 0.25) is 11.8 Å². The largest absolute Gasteiger partial charge is 0.481 e. The predicted molar refractivity (Wildman–Crippen MR) is 47.7 cm³/mol. The van der Waals surface area contributed by atoms with Crippen molar-refractivity contribution in [3.8, 4) is 5.88 Å². The monoisotopic (exact) mass is 195 g/mol. The first-order chi connectivity index (χ1) is 6.74. The van der Waals surface area contributed by atoms with Crippen molar-refractivity contribution in [3.05, 3.63) is 11.8 Å². The number of hydrogen-bond donors (Lipinski definition) is 2. The Balaban J connectivity index is 2.72. The van der Waals surface area contributed by atoms with E-state index in [0.717, 1.165) is 0 Å². The van der Waals surface area contributed by atoms with Gasteiger partial charge in [-0.2, -0.15) is 9.50 Å². The molecular formula is C7H9N5O2. The second-order valence-corrected chi connectivity index (χ2v) is 2.63. The third kappa shape index (κ3) is 1.23. The van der Waals surface area contributed by atoms with E-state index in [0.29, 0.717) is 17.4 Å². The van der Waals surface area contributed by atoms with E-state index in [9.17, 15) is 0 Å². The van der Waals surface area contributed by atoms with E-state index in [1.54, 1.807) is 6.07 Å². The number of nitrogens with two attached hydrogens (primary N) is 1. The Kier molecular flexibility index (Phi) is 1.93. The summed E-state index contributed by atoms with van der Waals surface area (Å²) in [6, 6.07) is 1.57. The number of methoxy groups -OCH3 is 1. The molecule has 0 bridgehead atoms. The molecule has 7 nitrogen and oxygen atoms in total. The van der Waals surface area contributed by atoms with Crippen molar-refractivity contribution < 1.29 is 9.84 Å². The fourth-order valence-electron chi connectivity index (χ4n) is 1.13. The molecule has 0 unspecified atom stereocenters. The van der Waals surface area contributed by atoms with Crippen LogP contribution < -0.4 is 10.5 Å². The summed E-state index contributed by atoms with van der Waals surface area (Å²) < 4.78 is 6.41. The van der Waals surface area contributed by atoms with Crippen molar-refractivity contribution in [3.63, 3.8) is 0 Å². The van der Waals surface area contributed by atoms with Gasteiger partial charge in [-0.15, -0.1) is 5.10 Å². The fourth-order valence-corrected chi connectivity index (χ4v) is 1.13. The van der Waals surface area contributed by atoms with Gasteiger partial charge in [0.05, 0.1) is 19.4 Å². The van der Waals surface area contributed by atoms with E-state index in [1.165, 1.54) is 11.6 Å². The smallest absolute Gasteiger partial charge is 0.257 e. The number of ether oxygens (including phenoxy) is 1. The molecule has 0 atom stereocenters. The summed E-state index contributed by atoms with van der Waals surface area (Å²) in [5, 5.41) is 12.8. The molecule has 14 heavy (non-hydrogen) atoms. The second kappa shape index (κ2) is 3.11. The van der Waals surface area contributed by atoms with Gasteiger partial charge in [-0.1, -0.05) is 0 Å². The lowest BCUT2D eigenvalue weighted by molar-refractivity contribution is 0.275. The van der Waals surface area contributed by atoms with Gasteiger partial charge in [-0.25, -0.2) is 4.98 Å². The van der Waals surface area contributed by atoms with Crippen molar-refractivity contribution in [2.45, 2.75) is 6.61 Å². The van der Waals surface area contributed by atoms with Crippen LogP contribution in [0.4, 0.5) is 5.95 Å². The molecule has 0 spiro atoms. The molecule has 2 heterocycles. The van der Waals surface area contributed by atoms with Crippen LogP contribution in [0, 0.1) is 0 Å². The average Bonchev–Trinajstić information content (AvgIpc) is 2.56. The number of hydrogen-bond acceptors (Lipinski definition) is 6. The molecule has 0 amide bonds. The lowest BCUT2D eigenvalue weighted by Gasteiger charge is -2.02. The first-order valence-corrected chi connectivity index (χ1v) is 3.91. The quantitative estimate of drug-likeness (QED) is 0.651. The zero-order chi connectivity index (χ0) is 10.1. The van der Waals surface area contributed by atoms with E-state index in [2.05, 4.69) is 15.1 Å². The van der Waals surface area contributed by atoms with Crippen LogP contribution in [0.15, 0.2) is 6.07 Å². The minimum atomic E-state index is -0.181. The molecule has 2 rings (SSSR count). The molecule has 7 heteroatoms. The maximum Gasteiger partial charge on any atom is 0.257 e. The van der Waals surface area contributed by atoms with Gasteiger partial charge in [0, 0.05) is 6.07 Å². The van der Waals surface area contributed by atoms with Crippen LogP contribution in [-0.2, 0) is 6.61 Å². The van der Waals surface area contributed by atoms with Crippen molar-refractivity contribution in [1.82, 2.24) is 19.6 Å². The number of nitrogens with zero attached hydrogens (tertiary/aromatic N) is 4. The van der Waals surface area contributed by atoms with E-state index in [-0.39, 0.29) is 12.6 Å². The summed E-state index contributed by atoms with van der Waals surface area (Å²) in [5.41, 5.74) is 5.86. The van der Waals surface area contributed by atoms with Gasteiger partial charge in [-0.3, -0.25) is 0 Å². The van der Waals surface area contributed by atoms with Gasteiger partial charge in [-0.05, 0) is 0 Å². The SMILES string of the molecule is COc1cc(CO)nc2nc(N)nn12. The van der Waals surface area contributed by atoms with Crippen molar-refractivity contribution >= 4 is 11.7 Å². The van der Waals surface area contributed by atoms with Crippen molar-refractivity contribution in [2.75, 3.05) is 12.8 Å². The first-order valence-electron chi connectivity index (χ1n) is 3.91. The van der Waals surface area contributed by atoms with E-state index < -0.39 is 0 Å². The molecule has 0 aliphatic heterocycles. The van der Waals surface area contributed by atoms with Crippen LogP contribution in [0.1, 0.15) is 5.69 Å². The summed E-state index contributed by atoms with van der Waals surface area (Å²) in [6.07, 6.45) is 0. The molecule has 0 aliphatic carbocycles. The van der Waals surface area contributed by atoms with Crippen LogP contribution in [0.25, 0.3) is 5.78 Å². The standard InChI is InChI=1S/C7H9N5O2/c1-14-5-2-4(3-13)9-7-10-6(8)11-12(5)7/h2,13H,3H2,1H3,(H2,8,11). The molecule has 0 saturated carbocycles. The Bertz CT molecular complexity index is 466. The zero-order valence-corrected chi connectivity index (χ0v) is 7.51. The molecule has 0 aromatic carbocycles. The van der Waals surface area contributed by atoms with E-state index in [4.69, 9.17) is 15.6 Å². The Morgan fingerprint density at radius 2 is 2.36 bits per heavy atom.